The topological polar surface area (TPSA) is 28.7 Å². The number of nitriles is 1. The van der Waals surface area contributed by atoms with E-state index in [1.54, 1.807) is 0 Å². The Morgan fingerprint density at radius 1 is 1.54 bits per heavy atom. The standard InChI is InChI=1S/C11H16N2/c1-5-8(2)13-9(3)6-11(7-12)10(13)4/h6,8H,5H2,1-4H3/t8-/m0/s1. The molecule has 1 rings (SSSR count). The molecule has 1 aromatic rings. The average Bonchev–Trinajstić information content (AvgIpc) is 2.40. The first kappa shape index (κ1) is 9.85. The minimum Gasteiger partial charge on any atom is -0.345 e. The normalized spacial score (nSPS) is 12.5. The summed E-state index contributed by atoms with van der Waals surface area (Å²) in [5.41, 5.74) is 3.08. The van der Waals surface area contributed by atoms with Crippen molar-refractivity contribution in [3.05, 3.63) is 23.0 Å². The predicted octanol–water partition coefficient (Wildman–Crippen LogP) is 2.95. The van der Waals surface area contributed by atoms with Crippen molar-refractivity contribution in [3.8, 4) is 6.07 Å². The van der Waals surface area contributed by atoms with Crippen molar-refractivity contribution in [3.63, 3.8) is 0 Å². The Morgan fingerprint density at radius 3 is 2.54 bits per heavy atom. The van der Waals surface area contributed by atoms with Gasteiger partial charge in [-0.25, -0.2) is 0 Å². The molecule has 2 nitrogen and oxygen atoms in total. The van der Waals surface area contributed by atoms with Gasteiger partial charge in [-0.15, -0.1) is 0 Å². The van der Waals surface area contributed by atoms with Crippen LogP contribution >= 0.6 is 0 Å². The highest BCUT2D eigenvalue weighted by atomic mass is 15.0. The lowest BCUT2D eigenvalue weighted by Crippen LogP contribution is -2.07. The fourth-order valence-electron chi connectivity index (χ4n) is 1.75. The molecule has 0 aliphatic carbocycles. The number of nitrogens with zero attached hydrogens (tertiary/aromatic N) is 2. The van der Waals surface area contributed by atoms with Gasteiger partial charge < -0.3 is 4.57 Å². The first-order chi connectivity index (χ1) is 6.11. The van der Waals surface area contributed by atoms with Crippen LogP contribution in [0.3, 0.4) is 0 Å². The zero-order valence-electron chi connectivity index (χ0n) is 8.76. The van der Waals surface area contributed by atoms with Gasteiger partial charge in [-0.05, 0) is 33.3 Å². The lowest BCUT2D eigenvalue weighted by Gasteiger charge is -2.16. The Labute approximate surface area is 79.8 Å². The summed E-state index contributed by atoms with van der Waals surface area (Å²) in [6.07, 6.45) is 1.10. The number of hydrogen-bond donors (Lipinski definition) is 0. The molecular weight excluding hydrogens is 160 g/mol. The molecule has 0 radical (unpaired) electrons. The Balaban J connectivity index is 3.22. The van der Waals surface area contributed by atoms with E-state index in [0.717, 1.165) is 17.7 Å². The summed E-state index contributed by atoms with van der Waals surface area (Å²) in [5.74, 6) is 0. The molecule has 1 atom stereocenters. The summed E-state index contributed by atoms with van der Waals surface area (Å²) >= 11 is 0. The molecule has 2 heteroatoms. The molecule has 13 heavy (non-hydrogen) atoms. The molecule has 70 valence electrons. The number of rotatable bonds is 2. The monoisotopic (exact) mass is 176 g/mol. The summed E-state index contributed by atoms with van der Waals surface area (Å²) in [5, 5.41) is 8.85. The van der Waals surface area contributed by atoms with Crippen LogP contribution in [0.25, 0.3) is 0 Å². The van der Waals surface area contributed by atoms with Gasteiger partial charge in [-0.1, -0.05) is 6.92 Å². The summed E-state index contributed by atoms with van der Waals surface area (Å²) in [4.78, 5) is 0. The van der Waals surface area contributed by atoms with Gasteiger partial charge in [0.1, 0.15) is 6.07 Å². The second-order valence-electron chi connectivity index (χ2n) is 3.52. The highest BCUT2D eigenvalue weighted by Gasteiger charge is 2.11. The van der Waals surface area contributed by atoms with Gasteiger partial charge in [-0.2, -0.15) is 5.26 Å². The predicted molar refractivity (Wildman–Crippen MR) is 53.6 cm³/mol. The Bertz CT molecular complexity index is 342. The van der Waals surface area contributed by atoms with Crippen LogP contribution in [0.1, 0.15) is 43.3 Å². The third-order valence-electron chi connectivity index (χ3n) is 2.64. The molecule has 0 bridgehead atoms. The second kappa shape index (κ2) is 3.66. The Morgan fingerprint density at radius 2 is 2.15 bits per heavy atom. The van der Waals surface area contributed by atoms with Crippen molar-refractivity contribution in [2.45, 2.75) is 40.2 Å². The van der Waals surface area contributed by atoms with Gasteiger partial charge in [0.25, 0.3) is 0 Å². The number of aromatic nitrogens is 1. The molecule has 0 aliphatic heterocycles. The fourth-order valence-corrected chi connectivity index (χ4v) is 1.75. The SMILES string of the molecule is CC[C@H](C)n1c(C)cc(C#N)c1C. The minimum atomic E-state index is 0.488. The van der Waals surface area contributed by atoms with Crippen molar-refractivity contribution < 1.29 is 0 Å². The van der Waals surface area contributed by atoms with Crippen LogP contribution in [0.2, 0.25) is 0 Å². The highest BCUT2D eigenvalue weighted by molar-refractivity contribution is 5.37. The van der Waals surface area contributed by atoms with E-state index in [2.05, 4.69) is 31.4 Å². The van der Waals surface area contributed by atoms with E-state index in [9.17, 15) is 0 Å². The molecule has 0 amide bonds. The summed E-state index contributed by atoms with van der Waals surface area (Å²) in [6.45, 7) is 8.41. The van der Waals surface area contributed by atoms with Crippen molar-refractivity contribution >= 4 is 0 Å². The fraction of sp³-hybridized carbons (Fsp3) is 0.545. The zero-order valence-corrected chi connectivity index (χ0v) is 8.76. The third kappa shape index (κ3) is 1.60. The molecule has 0 aromatic carbocycles. The third-order valence-corrected chi connectivity index (χ3v) is 2.64. The van der Waals surface area contributed by atoms with Crippen LogP contribution in [0.5, 0.6) is 0 Å². The maximum Gasteiger partial charge on any atom is 0.101 e. The van der Waals surface area contributed by atoms with Gasteiger partial charge in [0.2, 0.25) is 0 Å². The number of aryl methyl sites for hydroxylation is 1. The molecule has 1 aromatic heterocycles. The van der Waals surface area contributed by atoms with Crippen molar-refractivity contribution in [1.29, 1.82) is 5.26 Å². The van der Waals surface area contributed by atoms with E-state index in [4.69, 9.17) is 5.26 Å². The summed E-state index contributed by atoms with van der Waals surface area (Å²) in [6, 6.07) is 4.66. The van der Waals surface area contributed by atoms with Gasteiger partial charge >= 0.3 is 0 Å². The molecule has 0 saturated heterocycles. The maximum absolute atomic E-state index is 8.85. The van der Waals surface area contributed by atoms with E-state index in [0.29, 0.717) is 6.04 Å². The van der Waals surface area contributed by atoms with Crippen molar-refractivity contribution in [1.82, 2.24) is 4.57 Å². The first-order valence-corrected chi connectivity index (χ1v) is 4.70. The van der Waals surface area contributed by atoms with Crippen LogP contribution in [0.4, 0.5) is 0 Å². The van der Waals surface area contributed by atoms with Gasteiger partial charge in [0, 0.05) is 17.4 Å². The molecule has 0 aliphatic rings. The maximum atomic E-state index is 8.85. The first-order valence-electron chi connectivity index (χ1n) is 4.70. The van der Waals surface area contributed by atoms with E-state index >= 15 is 0 Å². The van der Waals surface area contributed by atoms with Crippen molar-refractivity contribution in [2.24, 2.45) is 0 Å². The molecule has 0 fully saturated rings. The van der Waals surface area contributed by atoms with E-state index in [1.807, 2.05) is 13.0 Å². The largest absolute Gasteiger partial charge is 0.345 e. The molecule has 0 N–H and O–H groups in total. The lowest BCUT2D eigenvalue weighted by atomic mass is 10.2. The lowest BCUT2D eigenvalue weighted by molar-refractivity contribution is 0.511. The van der Waals surface area contributed by atoms with Gasteiger partial charge in [0.15, 0.2) is 0 Å². The van der Waals surface area contributed by atoms with Crippen LogP contribution < -0.4 is 0 Å². The second-order valence-corrected chi connectivity index (χ2v) is 3.52. The van der Waals surface area contributed by atoms with Crippen molar-refractivity contribution in [2.75, 3.05) is 0 Å². The Hall–Kier alpha value is -1.23. The zero-order chi connectivity index (χ0) is 10.0. The van der Waals surface area contributed by atoms with Gasteiger partial charge in [0.05, 0.1) is 5.56 Å². The summed E-state index contributed by atoms with van der Waals surface area (Å²) < 4.78 is 2.23. The molecular formula is C11H16N2. The van der Waals surface area contributed by atoms with Crippen LogP contribution in [0.15, 0.2) is 6.07 Å². The van der Waals surface area contributed by atoms with E-state index < -0.39 is 0 Å². The van der Waals surface area contributed by atoms with Crippen LogP contribution in [-0.4, -0.2) is 4.57 Å². The van der Waals surface area contributed by atoms with Gasteiger partial charge in [-0.3, -0.25) is 0 Å². The number of hydrogen-bond acceptors (Lipinski definition) is 1. The smallest absolute Gasteiger partial charge is 0.101 e. The molecule has 0 unspecified atom stereocenters. The van der Waals surface area contributed by atoms with Crippen LogP contribution in [0, 0.1) is 25.2 Å². The summed E-state index contributed by atoms with van der Waals surface area (Å²) in [7, 11) is 0. The molecule has 0 spiro atoms. The van der Waals surface area contributed by atoms with E-state index in [1.165, 1.54) is 5.69 Å². The quantitative estimate of drug-likeness (QED) is 0.681. The highest BCUT2D eigenvalue weighted by Crippen LogP contribution is 2.21. The van der Waals surface area contributed by atoms with E-state index in [-0.39, 0.29) is 0 Å². The molecule has 0 saturated carbocycles. The Kier molecular flexibility index (Phi) is 2.77. The molecule has 1 heterocycles. The van der Waals surface area contributed by atoms with Crippen LogP contribution in [-0.2, 0) is 0 Å². The average molecular weight is 176 g/mol. The minimum absolute atomic E-state index is 0.488.